The summed E-state index contributed by atoms with van der Waals surface area (Å²) in [6.45, 7) is 4.63. The van der Waals surface area contributed by atoms with Crippen LogP contribution in [0.5, 0.6) is 5.75 Å². The molecule has 6 heteroatoms. The van der Waals surface area contributed by atoms with Crippen LogP contribution in [0.4, 0.5) is 0 Å². The molecule has 0 radical (unpaired) electrons. The number of ether oxygens (including phenoxy) is 2. The third-order valence-electron chi connectivity index (χ3n) is 3.36. The first-order chi connectivity index (χ1) is 10.1. The fraction of sp³-hybridized carbons (Fsp3) is 0.533. The number of morpholine rings is 1. The van der Waals surface area contributed by atoms with Crippen LogP contribution in [0, 0.1) is 0 Å². The lowest BCUT2D eigenvalue weighted by Crippen LogP contribution is -2.47. The Morgan fingerprint density at radius 3 is 3.05 bits per heavy atom. The molecule has 1 aromatic carbocycles. The lowest BCUT2D eigenvalue weighted by molar-refractivity contribution is -0.128. The molecule has 0 aromatic heterocycles. The largest absolute Gasteiger partial charge is 0.479 e. The summed E-state index contributed by atoms with van der Waals surface area (Å²) < 4.78 is 11.2. The Labute approximate surface area is 130 Å². The van der Waals surface area contributed by atoms with Crippen molar-refractivity contribution in [3.05, 3.63) is 29.3 Å². The van der Waals surface area contributed by atoms with Gasteiger partial charge in [-0.1, -0.05) is 23.7 Å². The summed E-state index contributed by atoms with van der Waals surface area (Å²) >= 11 is 6.01. The number of halogens is 1. The second-order valence-electron chi connectivity index (χ2n) is 5.19. The Kier molecular flexibility index (Phi) is 5.85. The molecular formula is C15H21ClN2O3. The molecule has 0 spiro atoms. The van der Waals surface area contributed by atoms with Gasteiger partial charge in [-0.05, 0) is 26.1 Å². The van der Waals surface area contributed by atoms with Crippen LogP contribution < -0.4 is 10.1 Å². The van der Waals surface area contributed by atoms with E-state index < -0.39 is 6.10 Å². The average molecular weight is 313 g/mol. The molecule has 0 unspecified atom stereocenters. The highest BCUT2D eigenvalue weighted by Crippen LogP contribution is 2.24. The van der Waals surface area contributed by atoms with E-state index in [-0.39, 0.29) is 12.0 Å². The molecule has 116 valence electrons. The van der Waals surface area contributed by atoms with E-state index in [0.717, 1.165) is 13.1 Å². The molecular weight excluding hydrogens is 292 g/mol. The average Bonchev–Trinajstić information content (AvgIpc) is 2.47. The second kappa shape index (κ2) is 7.64. The predicted octanol–water partition coefficient (Wildman–Crippen LogP) is 1.55. The number of para-hydroxylation sites is 1. The Bertz CT molecular complexity index is 484. The van der Waals surface area contributed by atoms with Gasteiger partial charge < -0.3 is 19.7 Å². The van der Waals surface area contributed by atoms with Crippen molar-refractivity contribution in [3.63, 3.8) is 0 Å². The van der Waals surface area contributed by atoms with E-state index in [1.54, 1.807) is 19.1 Å². The van der Waals surface area contributed by atoms with Crippen LogP contribution in [-0.2, 0) is 9.53 Å². The second-order valence-corrected chi connectivity index (χ2v) is 5.60. The van der Waals surface area contributed by atoms with Crippen molar-refractivity contribution in [2.45, 2.75) is 19.1 Å². The Morgan fingerprint density at radius 2 is 2.33 bits per heavy atom. The lowest BCUT2D eigenvalue weighted by atomic mass is 10.2. The minimum absolute atomic E-state index is 0.0280. The summed E-state index contributed by atoms with van der Waals surface area (Å²) in [6.07, 6.45) is -0.577. The molecule has 1 saturated heterocycles. The number of hydrogen-bond donors (Lipinski definition) is 1. The smallest absolute Gasteiger partial charge is 0.260 e. The van der Waals surface area contributed by atoms with E-state index >= 15 is 0 Å². The molecule has 1 aliphatic rings. The zero-order chi connectivity index (χ0) is 15.2. The summed E-state index contributed by atoms with van der Waals surface area (Å²) in [5.74, 6) is 0.335. The zero-order valence-corrected chi connectivity index (χ0v) is 13.1. The van der Waals surface area contributed by atoms with E-state index in [4.69, 9.17) is 21.1 Å². The summed E-state index contributed by atoms with van der Waals surface area (Å²) in [4.78, 5) is 14.2. The Morgan fingerprint density at radius 1 is 1.57 bits per heavy atom. The molecule has 21 heavy (non-hydrogen) atoms. The van der Waals surface area contributed by atoms with Crippen LogP contribution in [0.3, 0.4) is 0 Å². The van der Waals surface area contributed by atoms with Crippen LogP contribution in [0.15, 0.2) is 24.3 Å². The van der Waals surface area contributed by atoms with Gasteiger partial charge in [0.25, 0.3) is 5.91 Å². The highest BCUT2D eigenvalue weighted by atomic mass is 35.5. The zero-order valence-electron chi connectivity index (χ0n) is 12.3. The van der Waals surface area contributed by atoms with E-state index in [0.29, 0.717) is 23.9 Å². The van der Waals surface area contributed by atoms with Crippen molar-refractivity contribution in [2.24, 2.45) is 0 Å². The first kappa shape index (κ1) is 16.1. The molecule has 1 aliphatic heterocycles. The summed E-state index contributed by atoms with van der Waals surface area (Å²) in [5.41, 5.74) is 0. The third-order valence-corrected chi connectivity index (χ3v) is 3.67. The SMILES string of the molecule is C[C@H](Oc1ccccc1Cl)C(=O)NC[C@H]1CN(C)CCO1. The molecule has 1 amide bonds. The molecule has 5 nitrogen and oxygen atoms in total. The molecule has 1 aromatic rings. The van der Waals surface area contributed by atoms with Crippen LogP contribution in [0.25, 0.3) is 0 Å². The normalized spacial score (nSPS) is 20.8. The molecule has 1 N–H and O–H groups in total. The summed E-state index contributed by atoms with van der Waals surface area (Å²) in [6, 6.07) is 7.10. The van der Waals surface area contributed by atoms with E-state index in [1.807, 2.05) is 19.2 Å². The molecule has 1 heterocycles. The Balaban J connectivity index is 1.78. The summed E-state index contributed by atoms with van der Waals surface area (Å²) in [7, 11) is 2.04. The number of likely N-dealkylation sites (N-methyl/N-ethyl adjacent to an activating group) is 1. The first-order valence-electron chi connectivity index (χ1n) is 7.05. The molecule has 0 bridgehead atoms. The molecule has 0 saturated carbocycles. The number of carbonyl (C=O) groups is 1. The number of nitrogens with zero attached hydrogens (tertiary/aromatic N) is 1. The first-order valence-corrected chi connectivity index (χ1v) is 7.43. The van der Waals surface area contributed by atoms with Crippen molar-refractivity contribution in [3.8, 4) is 5.75 Å². The van der Waals surface area contributed by atoms with Crippen molar-refractivity contribution in [1.29, 1.82) is 0 Å². The van der Waals surface area contributed by atoms with Crippen molar-refractivity contribution < 1.29 is 14.3 Å². The van der Waals surface area contributed by atoms with Gasteiger partial charge in [0, 0.05) is 19.6 Å². The van der Waals surface area contributed by atoms with Crippen LogP contribution in [0.2, 0.25) is 5.02 Å². The van der Waals surface area contributed by atoms with Gasteiger partial charge in [0.1, 0.15) is 5.75 Å². The maximum absolute atomic E-state index is 12.0. The van der Waals surface area contributed by atoms with Crippen molar-refractivity contribution >= 4 is 17.5 Å². The van der Waals surface area contributed by atoms with Gasteiger partial charge in [0.15, 0.2) is 6.10 Å². The van der Waals surface area contributed by atoms with Crippen LogP contribution >= 0.6 is 11.6 Å². The number of hydrogen-bond acceptors (Lipinski definition) is 4. The quantitative estimate of drug-likeness (QED) is 0.896. The fourth-order valence-electron chi connectivity index (χ4n) is 2.13. The van der Waals surface area contributed by atoms with Crippen molar-refractivity contribution in [2.75, 3.05) is 33.3 Å². The van der Waals surface area contributed by atoms with E-state index in [2.05, 4.69) is 10.2 Å². The molecule has 2 rings (SSSR count). The number of nitrogens with one attached hydrogen (secondary N) is 1. The molecule has 1 fully saturated rings. The third kappa shape index (κ3) is 4.88. The van der Waals surface area contributed by atoms with Gasteiger partial charge in [0.05, 0.1) is 17.7 Å². The van der Waals surface area contributed by atoms with Crippen LogP contribution in [0.1, 0.15) is 6.92 Å². The number of amides is 1. The number of benzene rings is 1. The summed E-state index contributed by atoms with van der Waals surface area (Å²) in [5, 5.41) is 3.35. The van der Waals surface area contributed by atoms with Gasteiger partial charge in [-0.25, -0.2) is 0 Å². The highest BCUT2D eigenvalue weighted by molar-refractivity contribution is 6.32. The van der Waals surface area contributed by atoms with E-state index in [9.17, 15) is 4.79 Å². The Hall–Kier alpha value is -1.30. The lowest BCUT2D eigenvalue weighted by Gasteiger charge is -2.30. The number of rotatable bonds is 5. The van der Waals surface area contributed by atoms with Gasteiger partial charge in [0.2, 0.25) is 0 Å². The molecule has 2 atom stereocenters. The fourth-order valence-corrected chi connectivity index (χ4v) is 2.31. The van der Waals surface area contributed by atoms with Gasteiger partial charge >= 0.3 is 0 Å². The highest BCUT2D eigenvalue weighted by Gasteiger charge is 2.21. The number of carbonyl (C=O) groups excluding carboxylic acids is 1. The molecule has 0 aliphatic carbocycles. The maximum Gasteiger partial charge on any atom is 0.260 e. The van der Waals surface area contributed by atoms with E-state index in [1.165, 1.54) is 0 Å². The van der Waals surface area contributed by atoms with Crippen molar-refractivity contribution in [1.82, 2.24) is 10.2 Å². The van der Waals surface area contributed by atoms with Crippen LogP contribution in [-0.4, -0.2) is 56.3 Å². The maximum atomic E-state index is 12.0. The monoisotopic (exact) mass is 312 g/mol. The van der Waals surface area contributed by atoms with Gasteiger partial charge in [-0.15, -0.1) is 0 Å². The standard InChI is InChI=1S/C15H21ClN2O3/c1-11(21-14-6-4-3-5-13(14)16)15(19)17-9-12-10-18(2)7-8-20-12/h3-6,11-12H,7-10H2,1-2H3,(H,17,19)/t11-,12-/m0/s1. The van der Waals surface area contributed by atoms with Gasteiger partial charge in [-0.3, -0.25) is 4.79 Å². The topological polar surface area (TPSA) is 50.8 Å². The minimum Gasteiger partial charge on any atom is -0.479 e. The predicted molar refractivity (Wildman–Crippen MR) is 81.8 cm³/mol. The van der Waals surface area contributed by atoms with Gasteiger partial charge in [-0.2, -0.15) is 0 Å². The minimum atomic E-state index is -0.605.